The van der Waals surface area contributed by atoms with Crippen LogP contribution in [0.2, 0.25) is 5.02 Å². The summed E-state index contributed by atoms with van der Waals surface area (Å²) in [5.41, 5.74) is 0.587. The molecule has 98 valence electrons. The van der Waals surface area contributed by atoms with Crippen LogP contribution in [0.25, 0.3) is 0 Å². The number of carbonyl (C=O) groups excluding carboxylic acids is 1. The smallest absolute Gasteiger partial charge is 0.261 e. The van der Waals surface area contributed by atoms with Gasteiger partial charge in [0.1, 0.15) is 11.4 Å². The largest absolute Gasteiger partial charge is 0.480 e. The first-order valence-electron chi connectivity index (χ1n) is 5.37. The van der Waals surface area contributed by atoms with Crippen molar-refractivity contribution in [3.63, 3.8) is 0 Å². The Hall–Kier alpha value is -2.14. The van der Waals surface area contributed by atoms with E-state index in [0.29, 0.717) is 5.69 Å². The third kappa shape index (κ3) is 3.00. The van der Waals surface area contributed by atoms with Crippen molar-refractivity contribution in [2.45, 2.75) is 0 Å². The second-order valence-electron chi connectivity index (χ2n) is 3.64. The number of benzene rings is 1. The summed E-state index contributed by atoms with van der Waals surface area (Å²) < 4.78 is 17.9. The van der Waals surface area contributed by atoms with E-state index >= 15 is 0 Å². The van der Waals surface area contributed by atoms with E-state index in [1.54, 1.807) is 12.1 Å². The van der Waals surface area contributed by atoms with Crippen LogP contribution in [0.4, 0.5) is 10.1 Å². The monoisotopic (exact) mass is 280 g/mol. The van der Waals surface area contributed by atoms with E-state index in [1.165, 1.54) is 25.4 Å². The summed E-state index contributed by atoms with van der Waals surface area (Å²) in [7, 11) is 1.42. The third-order valence-corrected chi connectivity index (χ3v) is 2.70. The van der Waals surface area contributed by atoms with Crippen LogP contribution in [-0.4, -0.2) is 18.0 Å². The first kappa shape index (κ1) is 13.3. The van der Waals surface area contributed by atoms with Crippen molar-refractivity contribution in [3.05, 3.63) is 52.9 Å². The molecule has 0 atom stereocenters. The summed E-state index contributed by atoms with van der Waals surface area (Å²) in [6.45, 7) is 0. The lowest BCUT2D eigenvalue weighted by Gasteiger charge is -2.09. The number of carbonyl (C=O) groups is 1. The SMILES string of the molecule is COc1ncccc1C(=O)Nc1ccc(F)cc1Cl. The predicted octanol–water partition coefficient (Wildman–Crippen LogP) is 3.14. The molecule has 1 amide bonds. The maximum absolute atomic E-state index is 12.9. The van der Waals surface area contributed by atoms with E-state index in [-0.39, 0.29) is 16.5 Å². The van der Waals surface area contributed by atoms with Crippen molar-refractivity contribution in [2.75, 3.05) is 12.4 Å². The molecule has 2 rings (SSSR count). The molecule has 6 heteroatoms. The fourth-order valence-electron chi connectivity index (χ4n) is 1.51. The van der Waals surface area contributed by atoms with Crippen molar-refractivity contribution in [2.24, 2.45) is 0 Å². The second-order valence-corrected chi connectivity index (χ2v) is 4.05. The molecule has 0 radical (unpaired) electrons. The Balaban J connectivity index is 2.26. The topological polar surface area (TPSA) is 51.2 Å². The number of hydrogen-bond acceptors (Lipinski definition) is 3. The Bertz CT molecular complexity index is 619. The van der Waals surface area contributed by atoms with Crippen LogP contribution in [0.3, 0.4) is 0 Å². The fourth-order valence-corrected chi connectivity index (χ4v) is 1.72. The average molecular weight is 281 g/mol. The summed E-state index contributed by atoms with van der Waals surface area (Å²) in [6.07, 6.45) is 1.51. The summed E-state index contributed by atoms with van der Waals surface area (Å²) in [5.74, 6) is -0.696. The highest BCUT2D eigenvalue weighted by molar-refractivity contribution is 6.33. The molecule has 4 nitrogen and oxygen atoms in total. The van der Waals surface area contributed by atoms with Gasteiger partial charge in [0, 0.05) is 6.20 Å². The van der Waals surface area contributed by atoms with Gasteiger partial charge in [0.2, 0.25) is 5.88 Å². The standard InChI is InChI=1S/C13H10ClFN2O2/c1-19-13-9(3-2-6-16-13)12(18)17-11-5-4-8(15)7-10(11)14/h2-7H,1H3,(H,17,18). The summed E-state index contributed by atoms with van der Waals surface area (Å²) >= 11 is 5.83. The molecule has 1 aromatic carbocycles. The Kier molecular flexibility index (Phi) is 3.97. The molecule has 1 heterocycles. The lowest BCUT2D eigenvalue weighted by atomic mass is 10.2. The van der Waals surface area contributed by atoms with E-state index in [4.69, 9.17) is 16.3 Å². The number of halogens is 2. The van der Waals surface area contributed by atoms with Crippen LogP contribution in [0.15, 0.2) is 36.5 Å². The quantitative estimate of drug-likeness (QED) is 0.940. The predicted molar refractivity (Wildman–Crippen MR) is 70.2 cm³/mol. The van der Waals surface area contributed by atoms with Gasteiger partial charge in [-0.2, -0.15) is 0 Å². The normalized spacial score (nSPS) is 10.1. The number of amides is 1. The van der Waals surface area contributed by atoms with Gasteiger partial charge in [-0.15, -0.1) is 0 Å². The molecule has 0 saturated carbocycles. The first-order valence-corrected chi connectivity index (χ1v) is 5.75. The molecule has 0 aliphatic heterocycles. The van der Waals surface area contributed by atoms with Crippen LogP contribution in [0.1, 0.15) is 10.4 Å². The molecule has 2 aromatic rings. The maximum Gasteiger partial charge on any atom is 0.261 e. The highest BCUT2D eigenvalue weighted by atomic mass is 35.5. The molecule has 1 aromatic heterocycles. The van der Waals surface area contributed by atoms with E-state index < -0.39 is 11.7 Å². The first-order chi connectivity index (χ1) is 9.11. The van der Waals surface area contributed by atoms with Gasteiger partial charge >= 0.3 is 0 Å². The number of nitrogens with one attached hydrogen (secondary N) is 1. The van der Waals surface area contributed by atoms with E-state index in [0.717, 1.165) is 6.07 Å². The second kappa shape index (κ2) is 5.67. The summed E-state index contributed by atoms with van der Waals surface area (Å²) in [5, 5.41) is 2.69. The highest BCUT2D eigenvalue weighted by Crippen LogP contribution is 2.24. The van der Waals surface area contributed by atoms with Gasteiger partial charge in [0.05, 0.1) is 17.8 Å². The van der Waals surface area contributed by atoms with Crippen molar-refractivity contribution >= 4 is 23.2 Å². The molecule has 1 N–H and O–H groups in total. The number of pyridine rings is 1. The maximum atomic E-state index is 12.9. The number of rotatable bonds is 3. The van der Waals surface area contributed by atoms with Crippen LogP contribution < -0.4 is 10.1 Å². The van der Waals surface area contributed by atoms with Crippen LogP contribution >= 0.6 is 11.6 Å². The van der Waals surface area contributed by atoms with Gasteiger partial charge in [-0.05, 0) is 30.3 Å². The van der Waals surface area contributed by atoms with Crippen molar-refractivity contribution in [1.82, 2.24) is 4.98 Å². The highest BCUT2D eigenvalue weighted by Gasteiger charge is 2.14. The molecule has 0 saturated heterocycles. The zero-order valence-electron chi connectivity index (χ0n) is 9.98. The molecular weight excluding hydrogens is 271 g/mol. The Morgan fingerprint density at radius 2 is 2.21 bits per heavy atom. The van der Waals surface area contributed by atoms with Gasteiger partial charge in [-0.25, -0.2) is 9.37 Å². The summed E-state index contributed by atoms with van der Waals surface area (Å²) in [6, 6.07) is 6.90. The van der Waals surface area contributed by atoms with Crippen LogP contribution in [0.5, 0.6) is 5.88 Å². The molecule has 0 aliphatic rings. The molecular formula is C13H10ClFN2O2. The Labute approximate surface area is 114 Å². The van der Waals surface area contributed by atoms with E-state index in [9.17, 15) is 9.18 Å². The minimum absolute atomic E-state index is 0.121. The van der Waals surface area contributed by atoms with Gasteiger partial charge in [0.25, 0.3) is 5.91 Å². The third-order valence-electron chi connectivity index (χ3n) is 2.39. The minimum Gasteiger partial charge on any atom is -0.480 e. The number of ether oxygens (including phenoxy) is 1. The molecule has 0 fully saturated rings. The zero-order valence-corrected chi connectivity index (χ0v) is 10.7. The molecule has 0 unspecified atom stereocenters. The average Bonchev–Trinajstić information content (AvgIpc) is 2.41. The molecule has 0 aliphatic carbocycles. The van der Waals surface area contributed by atoms with Crippen molar-refractivity contribution < 1.29 is 13.9 Å². The van der Waals surface area contributed by atoms with E-state index in [1.807, 2.05) is 0 Å². The Morgan fingerprint density at radius 3 is 2.89 bits per heavy atom. The number of aromatic nitrogens is 1. The molecule has 0 bridgehead atoms. The van der Waals surface area contributed by atoms with Crippen LogP contribution in [-0.2, 0) is 0 Å². The number of nitrogens with zero attached hydrogens (tertiary/aromatic N) is 1. The van der Waals surface area contributed by atoms with Gasteiger partial charge in [-0.3, -0.25) is 4.79 Å². The zero-order chi connectivity index (χ0) is 13.8. The van der Waals surface area contributed by atoms with Crippen molar-refractivity contribution in [3.8, 4) is 5.88 Å². The Morgan fingerprint density at radius 1 is 1.42 bits per heavy atom. The summed E-state index contributed by atoms with van der Waals surface area (Å²) in [4.78, 5) is 16.0. The van der Waals surface area contributed by atoms with Gasteiger partial charge in [0.15, 0.2) is 0 Å². The van der Waals surface area contributed by atoms with Gasteiger partial charge in [-0.1, -0.05) is 11.6 Å². The van der Waals surface area contributed by atoms with Crippen molar-refractivity contribution in [1.29, 1.82) is 0 Å². The van der Waals surface area contributed by atoms with Gasteiger partial charge < -0.3 is 10.1 Å². The van der Waals surface area contributed by atoms with Crippen LogP contribution in [0, 0.1) is 5.82 Å². The number of anilines is 1. The lowest BCUT2D eigenvalue weighted by Crippen LogP contribution is -2.14. The fraction of sp³-hybridized carbons (Fsp3) is 0.0769. The number of hydrogen-bond donors (Lipinski definition) is 1. The lowest BCUT2D eigenvalue weighted by molar-refractivity contribution is 0.102. The minimum atomic E-state index is -0.470. The van der Waals surface area contributed by atoms with E-state index in [2.05, 4.69) is 10.3 Å². The number of methoxy groups -OCH3 is 1. The molecule has 0 spiro atoms. The molecule has 19 heavy (non-hydrogen) atoms.